The fourth-order valence-corrected chi connectivity index (χ4v) is 1.12. The summed E-state index contributed by atoms with van der Waals surface area (Å²) in [4.78, 5) is 10.8. The van der Waals surface area contributed by atoms with Gasteiger partial charge in [-0.2, -0.15) is 0 Å². The highest BCUT2D eigenvalue weighted by molar-refractivity contribution is 5.57. The van der Waals surface area contributed by atoms with Crippen molar-refractivity contribution in [3.8, 4) is 0 Å². The van der Waals surface area contributed by atoms with Crippen LogP contribution in [0, 0.1) is 0 Å². The summed E-state index contributed by atoms with van der Waals surface area (Å²) in [5.41, 5.74) is 0. The van der Waals surface area contributed by atoms with E-state index in [2.05, 4.69) is 0 Å². The van der Waals surface area contributed by atoms with Gasteiger partial charge in [-0.25, -0.2) is 0 Å². The topological polar surface area (TPSA) is 85.2 Å². The molecule has 15 heavy (non-hydrogen) atoms. The summed E-state index contributed by atoms with van der Waals surface area (Å²) >= 11 is 0. The minimum Gasteiger partial charge on any atom is -0.394 e. The van der Waals surface area contributed by atoms with Gasteiger partial charge in [-0.1, -0.05) is 0 Å². The predicted molar refractivity (Wildman–Crippen MR) is 51.5 cm³/mol. The Kier molecular flexibility index (Phi) is 4.98. The van der Waals surface area contributed by atoms with Crippen LogP contribution in [0.2, 0.25) is 0 Å². The van der Waals surface area contributed by atoms with Gasteiger partial charge in [0.05, 0.1) is 10.7 Å². The van der Waals surface area contributed by atoms with Crippen LogP contribution >= 0.6 is 0 Å². The van der Waals surface area contributed by atoms with Crippen LogP contribution in [0.25, 0.3) is 0 Å². The van der Waals surface area contributed by atoms with E-state index in [1.807, 2.05) is 0 Å². The lowest BCUT2D eigenvalue weighted by molar-refractivity contribution is -0.155. The number of ether oxygens (including phenoxy) is 3. The molecule has 0 aliphatic heterocycles. The Morgan fingerprint density at radius 3 is 2.33 bits per heavy atom. The standard InChI is InChI=1S/C9H18O6/c1-13-7(5-11)9(15-3)8(14-2)6(12)4-10/h5-10,12H,4H2,1-3H3/t6-,7+,8+,9-/m1/s1/i1D,2D,3D. The van der Waals surface area contributed by atoms with Crippen molar-refractivity contribution < 1.29 is 33.3 Å². The smallest absolute Gasteiger partial charge is 0.151 e. The van der Waals surface area contributed by atoms with Gasteiger partial charge in [0.15, 0.2) is 6.29 Å². The van der Waals surface area contributed by atoms with Crippen molar-refractivity contribution in [3.05, 3.63) is 0 Å². The number of carbonyl (C=O) groups is 1. The second-order valence-corrected chi connectivity index (χ2v) is 2.78. The van der Waals surface area contributed by atoms with Crippen molar-refractivity contribution in [3.63, 3.8) is 0 Å². The van der Waals surface area contributed by atoms with Crippen molar-refractivity contribution in [1.82, 2.24) is 0 Å². The number of aliphatic hydroxyl groups excluding tert-OH is 2. The second-order valence-electron chi connectivity index (χ2n) is 2.78. The molecule has 0 aromatic heterocycles. The third kappa shape index (κ3) is 3.84. The Labute approximate surface area is 93.0 Å². The van der Waals surface area contributed by atoms with Crippen LogP contribution in [0.3, 0.4) is 0 Å². The zero-order valence-electron chi connectivity index (χ0n) is 11.2. The van der Waals surface area contributed by atoms with Crippen LogP contribution in [-0.2, 0) is 19.0 Å². The van der Waals surface area contributed by atoms with Crippen molar-refractivity contribution in [1.29, 1.82) is 0 Å². The van der Waals surface area contributed by atoms with Gasteiger partial charge in [-0.15, -0.1) is 0 Å². The first-order valence-corrected chi connectivity index (χ1v) is 4.12. The van der Waals surface area contributed by atoms with E-state index in [-0.39, 0.29) is 0 Å². The number of aliphatic hydroxyl groups is 2. The summed E-state index contributed by atoms with van der Waals surface area (Å²) in [5, 5.41) is 18.4. The largest absolute Gasteiger partial charge is 0.394 e. The molecule has 0 saturated heterocycles. The van der Waals surface area contributed by atoms with Crippen LogP contribution in [0.4, 0.5) is 0 Å². The number of hydrogen-bond acceptors (Lipinski definition) is 6. The summed E-state index contributed by atoms with van der Waals surface area (Å²) in [6.45, 7) is -0.658. The van der Waals surface area contributed by atoms with Gasteiger partial charge in [0.1, 0.15) is 24.4 Å². The second kappa shape index (κ2) is 7.72. The fraction of sp³-hybridized carbons (Fsp3) is 0.889. The van der Waals surface area contributed by atoms with Crippen LogP contribution in [-0.4, -0.2) is 68.8 Å². The molecule has 0 unspecified atom stereocenters. The van der Waals surface area contributed by atoms with Crippen LogP contribution < -0.4 is 0 Å². The molecule has 0 aliphatic carbocycles. The third-order valence-corrected chi connectivity index (χ3v) is 1.93. The molecule has 90 valence electrons. The molecule has 0 aromatic carbocycles. The molecular formula is C9H18O6. The molecule has 2 N–H and O–H groups in total. The van der Waals surface area contributed by atoms with Gasteiger partial charge in [-0.3, -0.25) is 0 Å². The van der Waals surface area contributed by atoms with E-state index in [1.54, 1.807) is 0 Å². The molecule has 0 rings (SSSR count). The molecule has 0 amide bonds. The predicted octanol–water partition coefficient (Wildman–Crippen LogP) is -1.42. The normalized spacial score (nSPS) is 21.9. The van der Waals surface area contributed by atoms with E-state index in [4.69, 9.17) is 23.4 Å². The Morgan fingerprint density at radius 1 is 1.27 bits per heavy atom. The molecule has 0 spiro atoms. The highest BCUT2D eigenvalue weighted by Crippen LogP contribution is 2.12. The van der Waals surface area contributed by atoms with Gasteiger partial charge < -0.3 is 29.2 Å². The highest BCUT2D eigenvalue weighted by Gasteiger charge is 2.34. The average molecular weight is 225 g/mol. The van der Waals surface area contributed by atoms with Crippen LogP contribution in [0.1, 0.15) is 4.11 Å². The van der Waals surface area contributed by atoms with E-state index < -0.39 is 52.3 Å². The van der Waals surface area contributed by atoms with Crippen molar-refractivity contribution in [2.75, 3.05) is 27.9 Å². The Bertz CT molecular complexity index is 220. The first-order valence-electron chi connectivity index (χ1n) is 6.25. The molecule has 4 atom stereocenters. The fourth-order valence-electron chi connectivity index (χ4n) is 1.12. The van der Waals surface area contributed by atoms with Gasteiger partial charge in [0.2, 0.25) is 0 Å². The third-order valence-electron chi connectivity index (χ3n) is 1.93. The molecular weight excluding hydrogens is 204 g/mol. The molecule has 0 fully saturated rings. The number of hydrogen-bond donors (Lipinski definition) is 2. The minimum atomic E-state index is -1.39. The monoisotopic (exact) mass is 225 g/mol. The average Bonchev–Trinajstić information content (AvgIpc) is 2.39. The Hall–Kier alpha value is -0.530. The van der Waals surface area contributed by atoms with Gasteiger partial charge in [0.25, 0.3) is 0 Å². The molecule has 6 nitrogen and oxygen atoms in total. The van der Waals surface area contributed by atoms with Crippen LogP contribution in [0.15, 0.2) is 0 Å². The maximum Gasteiger partial charge on any atom is 0.151 e. The molecule has 0 aromatic rings. The maximum atomic E-state index is 10.8. The minimum absolute atomic E-state index is 0.360. The number of aldehydes is 1. The van der Waals surface area contributed by atoms with E-state index in [0.717, 1.165) is 0 Å². The molecule has 0 radical (unpaired) electrons. The summed E-state index contributed by atoms with van der Waals surface area (Å²) < 4.78 is 35.4. The Balaban J connectivity index is 4.91. The highest BCUT2D eigenvalue weighted by atomic mass is 16.6. The van der Waals surface area contributed by atoms with Crippen molar-refractivity contribution >= 4 is 6.29 Å². The van der Waals surface area contributed by atoms with Gasteiger partial charge >= 0.3 is 0 Å². The maximum absolute atomic E-state index is 10.8. The lowest BCUT2D eigenvalue weighted by atomic mass is 10.0. The molecule has 0 heterocycles. The van der Waals surface area contributed by atoms with E-state index in [0.29, 0.717) is 6.29 Å². The number of methoxy groups -OCH3 is 3. The first kappa shape index (κ1) is 9.68. The molecule has 0 aliphatic rings. The lowest BCUT2D eigenvalue weighted by Gasteiger charge is -2.30. The van der Waals surface area contributed by atoms with Crippen LogP contribution in [0.5, 0.6) is 0 Å². The summed E-state index contributed by atoms with van der Waals surface area (Å²) in [6, 6.07) is 0. The quantitative estimate of drug-likeness (QED) is 0.493. The van der Waals surface area contributed by atoms with Gasteiger partial charge in [-0.05, 0) is 0 Å². The number of rotatable bonds is 8. The van der Waals surface area contributed by atoms with E-state index in [1.165, 1.54) is 0 Å². The van der Waals surface area contributed by atoms with E-state index >= 15 is 0 Å². The summed E-state index contributed by atoms with van der Waals surface area (Å²) in [7, 11) is -1.55. The first-order chi connectivity index (χ1) is 8.65. The van der Waals surface area contributed by atoms with E-state index in [9.17, 15) is 9.90 Å². The zero-order chi connectivity index (χ0) is 14.0. The summed E-state index contributed by atoms with van der Waals surface area (Å²) in [5.74, 6) is 0. The molecule has 0 bridgehead atoms. The molecule has 6 heteroatoms. The zero-order valence-corrected chi connectivity index (χ0v) is 8.24. The number of carbonyl (C=O) groups excluding carboxylic acids is 1. The summed E-state index contributed by atoms with van der Waals surface area (Å²) in [6.07, 6.45) is -4.61. The SMILES string of the molecule is [2H]CO[C@H]([C@H](OC[2H])[C@H](C=O)OC[2H])[C@H](O)CO. The van der Waals surface area contributed by atoms with Crippen molar-refractivity contribution in [2.24, 2.45) is 0 Å². The van der Waals surface area contributed by atoms with Crippen molar-refractivity contribution in [2.45, 2.75) is 24.4 Å². The molecule has 0 saturated carbocycles. The van der Waals surface area contributed by atoms with Gasteiger partial charge in [0, 0.05) is 21.3 Å². The Morgan fingerprint density at radius 2 is 1.87 bits per heavy atom. The lowest BCUT2D eigenvalue weighted by Crippen LogP contribution is -2.49.